The van der Waals surface area contributed by atoms with Crippen molar-refractivity contribution < 1.29 is 14.0 Å². The molecule has 1 heterocycles. The summed E-state index contributed by atoms with van der Waals surface area (Å²) < 4.78 is 15.5. The maximum absolute atomic E-state index is 13.2. The third kappa shape index (κ3) is 5.93. The van der Waals surface area contributed by atoms with E-state index in [-0.39, 0.29) is 37.0 Å². The summed E-state index contributed by atoms with van der Waals surface area (Å²) in [6, 6.07) is 12.4. The molecule has 3 aromatic rings. The quantitative estimate of drug-likeness (QED) is 0.522. The summed E-state index contributed by atoms with van der Waals surface area (Å²) in [6.45, 7) is 1.85. The van der Waals surface area contributed by atoms with Gasteiger partial charge in [-0.25, -0.2) is 9.07 Å². The molecule has 8 nitrogen and oxygen atoms in total. The number of tetrazole rings is 1. The molecule has 30 heavy (non-hydrogen) atoms. The van der Waals surface area contributed by atoms with E-state index in [1.807, 2.05) is 12.1 Å². The van der Waals surface area contributed by atoms with Crippen LogP contribution in [0.5, 0.6) is 0 Å². The van der Waals surface area contributed by atoms with E-state index in [1.165, 1.54) is 16.8 Å². The second-order valence-corrected chi connectivity index (χ2v) is 7.53. The number of hydrogen-bond acceptors (Lipinski definition) is 5. The predicted octanol–water partition coefficient (Wildman–Crippen LogP) is 2.81. The summed E-state index contributed by atoms with van der Waals surface area (Å²) in [4.78, 5) is 24.9. The minimum absolute atomic E-state index is 0.111. The number of carbonyl (C=O) groups excluding carboxylic acids is 2. The average molecular weight is 475 g/mol. The van der Waals surface area contributed by atoms with Crippen LogP contribution in [-0.4, -0.2) is 38.6 Å². The third-order valence-corrected chi connectivity index (χ3v) is 4.91. The molecule has 0 spiro atoms. The molecular formula is C20H20BrFN6O2. The number of benzene rings is 2. The minimum Gasteiger partial charge on any atom is -0.354 e. The largest absolute Gasteiger partial charge is 0.354 e. The van der Waals surface area contributed by atoms with Crippen LogP contribution in [0.3, 0.4) is 0 Å². The van der Waals surface area contributed by atoms with Crippen molar-refractivity contribution in [1.29, 1.82) is 0 Å². The predicted molar refractivity (Wildman–Crippen MR) is 112 cm³/mol. The summed E-state index contributed by atoms with van der Waals surface area (Å²) in [5.74, 6) is -0.419. The van der Waals surface area contributed by atoms with Crippen LogP contribution in [0.2, 0.25) is 0 Å². The number of aromatic nitrogens is 4. The Bertz CT molecular complexity index is 1010. The maximum atomic E-state index is 13.2. The molecule has 1 unspecified atom stereocenters. The molecule has 2 N–H and O–H groups in total. The number of hydrogen-bond donors (Lipinski definition) is 2. The first kappa shape index (κ1) is 21.6. The summed E-state index contributed by atoms with van der Waals surface area (Å²) in [5, 5.41) is 16.9. The summed E-state index contributed by atoms with van der Waals surface area (Å²) in [5.41, 5.74) is 1.44. The molecule has 1 atom stereocenters. The average Bonchev–Trinajstić information content (AvgIpc) is 3.14. The Morgan fingerprint density at radius 1 is 1.13 bits per heavy atom. The molecule has 3 rings (SSSR count). The second-order valence-electron chi connectivity index (χ2n) is 6.61. The molecule has 0 saturated heterocycles. The van der Waals surface area contributed by atoms with Gasteiger partial charge in [-0.15, -0.1) is 5.10 Å². The molecule has 0 bridgehead atoms. The van der Waals surface area contributed by atoms with E-state index in [0.717, 1.165) is 10.0 Å². The second kappa shape index (κ2) is 10.1. The molecule has 0 aliphatic heterocycles. The highest BCUT2D eigenvalue weighted by Crippen LogP contribution is 2.16. The van der Waals surface area contributed by atoms with E-state index in [4.69, 9.17) is 0 Å². The fourth-order valence-corrected chi connectivity index (χ4v) is 3.10. The first-order valence-electron chi connectivity index (χ1n) is 9.24. The van der Waals surface area contributed by atoms with Crippen molar-refractivity contribution in [3.63, 3.8) is 0 Å². The molecule has 0 radical (unpaired) electrons. The van der Waals surface area contributed by atoms with Crippen LogP contribution in [0.1, 0.15) is 23.9 Å². The lowest BCUT2D eigenvalue weighted by Crippen LogP contribution is -2.36. The van der Waals surface area contributed by atoms with E-state index in [2.05, 4.69) is 42.1 Å². The zero-order valence-corrected chi connectivity index (χ0v) is 17.8. The van der Waals surface area contributed by atoms with Crippen LogP contribution in [0, 0.1) is 12.7 Å². The standard InChI is InChI=1S/C20H20BrFN6O2/c1-13-25-26-27-28(13)18(12-14-2-6-16(22)7-3-14)20(30)23-11-10-19(29)24-17-8-4-15(21)5-9-17/h2-9,18H,10-12H2,1H3,(H,23,30)(H,24,29). The van der Waals surface area contributed by atoms with Crippen LogP contribution in [0.25, 0.3) is 0 Å². The lowest BCUT2D eigenvalue weighted by atomic mass is 10.1. The van der Waals surface area contributed by atoms with Crippen molar-refractivity contribution in [2.75, 3.05) is 11.9 Å². The molecular weight excluding hydrogens is 455 g/mol. The lowest BCUT2D eigenvalue weighted by Gasteiger charge is -2.17. The van der Waals surface area contributed by atoms with Crippen molar-refractivity contribution >= 4 is 33.4 Å². The van der Waals surface area contributed by atoms with Gasteiger partial charge in [-0.05, 0) is 59.3 Å². The van der Waals surface area contributed by atoms with Gasteiger partial charge in [-0.3, -0.25) is 9.59 Å². The highest BCUT2D eigenvalue weighted by atomic mass is 79.9. The van der Waals surface area contributed by atoms with Crippen molar-refractivity contribution in [3.05, 3.63) is 70.2 Å². The number of amides is 2. The molecule has 0 aliphatic carbocycles. The zero-order chi connectivity index (χ0) is 21.5. The van der Waals surface area contributed by atoms with Crippen LogP contribution < -0.4 is 10.6 Å². The van der Waals surface area contributed by atoms with E-state index < -0.39 is 6.04 Å². The van der Waals surface area contributed by atoms with Gasteiger partial charge in [-0.1, -0.05) is 28.1 Å². The van der Waals surface area contributed by atoms with Crippen molar-refractivity contribution in [3.8, 4) is 0 Å². The normalized spacial score (nSPS) is 11.7. The van der Waals surface area contributed by atoms with Gasteiger partial charge in [0.25, 0.3) is 0 Å². The van der Waals surface area contributed by atoms with Gasteiger partial charge in [0.15, 0.2) is 0 Å². The molecule has 0 fully saturated rings. The van der Waals surface area contributed by atoms with Gasteiger partial charge >= 0.3 is 0 Å². The number of nitrogens with one attached hydrogen (secondary N) is 2. The zero-order valence-electron chi connectivity index (χ0n) is 16.2. The van der Waals surface area contributed by atoms with Gasteiger partial charge in [-0.2, -0.15) is 0 Å². The number of nitrogens with zero attached hydrogens (tertiary/aromatic N) is 4. The number of carbonyl (C=O) groups is 2. The summed E-state index contributed by atoms with van der Waals surface area (Å²) in [7, 11) is 0. The highest BCUT2D eigenvalue weighted by molar-refractivity contribution is 9.10. The fourth-order valence-electron chi connectivity index (χ4n) is 2.83. The molecule has 2 aromatic carbocycles. The van der Waals surface area contributed by atoms with Crippen LogP contribution in [0.15, 0.2) is 53.0 Å². The van der Waals surface area contributed by atoms with Gasteiger partial charge in [0, 0.05) is 29.5 Å². The molecule has 2 amide bonds. The van der Waals surface area contributed by atoms with E-state index in [0.29, 0.717) is 11.5 Å². The van der Waals surface area contributed by atoms with Gasteiger partial charge in [0.2, 0.25) is 11.8 Å². The number of aryl methyl sites for hydroxylation is 1. The van der Waals surface area contributed by atoms with Crippen molar-refractivity contribution in [2.24, 2.45) is 0 Å². The van der Waals surface area contributed by atoms with Crippen molar-refractivity contribution in [2.45, 2.75) is 25.8 Å². The Kier molecular flexibility index (Phi) is 7.23. The van der Waals surface area contributed by atoms with E-state index in [9.17, 15) is 14.0 Å². The van der Waals surface area contributed by atoms with Crippen LogP contribution >= 0.6 is 15.9 Å². The first-order valence-corrected chi connectivity index (χ1v) is 10.0. The molecule has 0 saturated carbocycles. The lowest BCUT2D eigenvalue weighted by molar-refractivity contribution is -0.124. The topological polar surface area (TPSA) is 102 Å². The molecule has 10 heteroatoms. The number of anilines is 1. The summed E-state index contributed by atoms with van der Waals surface area (Å²) >= 11 is 3.34. The summed E-state index contributed by atoms with van der Waals surface area (Å²) in [6.07, 6.45) is 0.392. The number of rotatable bonds is 8. The van der Waals surface area contributed by atoms with Crippen LogP contribution in [0.4, 0.5) is 10.1 Å². The molecule has 0 aliphatic rings. The Hall–Kier alpha value is -3.14. The fraction of sp³-hybridized carbons (Fsp3) is 0.250. The Labute approximate surface area is 181 Å². The Morgan fingerprint density at radius 2 is 1.83 bits per heavy atom. The first-order chi connectivity index (χ1) is 14.4. The Balaban J connectivity index is 1.59. The van der Waals surface area contributed by atoms with Crippen LogP contribution in [-0.2, 0) is 16.0 Å². The van der Waals surface area contributed by atoms with Gasteiger partial charge in [0.1, 0.15) is 17.7 Å². The number of halogens is 2. The van der Waals surface area contributed by atoms with Gasteiger partial charge in [0.05, 0.1) is 0 Å². The maximum Gasteiger partial charge on any atom is 0.245 e. The van der Waals surface area contributed by atoms with Gasteiger partial charge < -0.3 is 10.6 Å². The monoisotopic (exact) mass is 474 g/mol. The van der Waals surface area contributed by atoms with Crippen molar-refractivity contribution in [1.82, 2.24) is 25.5 Å². The van der Waals surface area contributed by atoms with E-state index >= 15 is 0 Å². The molecule has 156 valence electrons. The minimum atomic E-state index is -0.722. The smallest absolute Gasteiger partial charge is 0.245 e. The molecule has 1 aromatic heterocycles. The SMILES string of the molecule is Cc1nnnn1C(Cc1ccc(F)cc1)C(=O)NCCC(=O)Nc1ccc(Br)cc1. The van der Waals surface area contributed by atoms with E-state index in [1.54, 1.807) is 31.2 Å². The third-order valence-electron chi connectivity index (χ3n) is 4.38. The highest BCUT2D eigenvalue weighted by Gasteiger charge is 2.24. The Morgan fingerprint density at radius 3 is 2.47 bits per heavy atom.